The number of alkyl halides is 7. The molecule has 2 aromatic carbocycles. The predicted molar refractivity (Wildman–Crippen MR) is 122 cm³/mol. The van der Waals surface area contributed by atoms with Gasteiger partial charge in [-0.15, -0.1) is 11.8 Å². The third-order valence-electron chi connectivity index (χ3n) is 6.36. The fourth-order valence-corrected chi connectivity index (χ4v) is 5.74. The summed E-state index contributed by atoms with van der Waals surface area (Å²) in [6.07, 6.45) is -10.1. The summed E-state index contributed by atoms with van der Waals surface area (Å²) in [5.74, 6) is -2.97. The molecule has 1 amide bonds. The van der Waals surface area contributed by atoms with E-state index in [-0.39, 0.29) is 43.5 Å². The van der Waals surface area contributed by atoms with E-state index in [2.05, 4.69) is 10.2 Å². The molecule has 208 valence electrons. The first-order chi connectivity index (χ1) is 18.2. The Bertz CT molecular complexity index is 1320. The number of carbonyl (C=O) groups excluding carboxylic acids is 1. The van der Waals surface area contributed by atoms with E-state index in [0.29, 0.717) is 16.5 Å². The number of hydrogen-bond acceptors (Lipinski definition) is 4. The van der Waals surface area contributed by atoms with E-state index >= 15 is 0 Å². The highest BCUT2D eigenvalue weighted by molar-refractivity contribution is 8.00. The minimum absolute atomic E-state index is 0.0642. The van der Waals surface area contributed by atoms with Crippen LogP contribution in [-0.4, -0.2) is 46.4 Å². The van der Waals surface area contributed by atoms with Gasteiger partial charge in [0, 0.05) is 29.7 Å². The third kappa shape index (κ3) is 5.56. The van der Waals surface area contributed by atoms with E-state index in [1.54, 1.807) is 6.07 Å². The second-order valence-corrected chi connectivity index (χ2v) is 10.3. The van der Waals surface area contributed by atoms with Gasteiger partial charge in [-0.2, -0.15) is 36.5 Å². The van der Waals surface area contributed by atoms with Gasteiger partial charge in [0.15, 0.2) is 0 Å². The molecule has 3 aromatic rings. The smallest absolute Gasteiger partial charge is 0.341 e. The van der Waals surface area contributed by atoms with Crippen molar-refractivity contribution >= 4 is 17.7 Å². The lowest BCUT2D eigenvalue weighted by Gasteiger charge is -2.33. The van der Waals surface area contributed by atoms with Gasteiger partial charge in [-0.1, -0.05) is 12.1 Å². The Hall–Kier alpha value is -3.29. The topological polar surface area (TPSA) is 46.1 Å². The van der Waals surface area contributed by atoms with Crippen molar-refractivity contribution in [2.75, 3.05) is 13.1 Å². The van der Waals surface area contributed by atoms with Crippen LogP contribution in [0.4, 0.5) is 39.5 Å². The summed E-state index contributed by atoms with van der Waals surface area (Å²) < 4.78 is 121. The molecule has 4 rings (SSSR count). The largest absolute Gasteiger partial charge is 0.436 e. The molecule has 0 saturated carbocycles. The molecule has 39 heavy (non-hydrogen) atoms. The van der Waals surface area contributed by atoms with Crippen LogP contribution in [0.5, 0.6) is 0 Å². The standard InChI is InChI=1S/C25H18F9N3OS/c26-17-2-4-18(5-3-17)39-22(8-10-37(14-22)21(38)11-15-7-9-35-36-13-15)16-1-6-19(20(27)12-16)23(28,24(29,30)31)25(32,33)34/h1-7,9,12-13H,8,10-11,14H2/t22-/m0/s1. The molecule has 1 aromatic heterocycles. The van der Waals surface area contributed by atoms with Crippen LogP contribution in [0.15, 0.2) is 65.8 Å². The molecule has 0 N–H and O–H groups in total. The number of likely N-dealkylation sites (tertiary alicyclic amines) is 1. The van der Waals surface area contributed by atoms with Gasteiger partial charge < -0.3 is 4.90 Å². The number of carbonyl (C=O) groups is 1. The number of rotatable bonds is 6. The van der Waals surface area contributed by atoms with Crippen molar-refractivity contribution in [1.29, 1.82) is 0 Å². The Labute approximate surface area is 220 Å². The lowest BCUT2D eigenvalue weighted by molar-refractivity contribution is -0.349. The Morgan fingerprint density at radius 3 is 2.15 bits per heavy atom. The maximum atomic E-state index is 15.0. The van der Waals surface area contributed by atoms with Crippen molar-refractivity contribution in [2.24, 2.45) is 0 Å². The van der Waals surface area contributed by atoms with Gasteiger partial charge in [-0.25, -0.2) is 13.2 Å². The summed E-state index contributed by atoms with van der Waals surface area (Å²) in [4.78, 5) is 14.8. The molecule has 1 aliphatic heterocycles. The van der Waals surface area contributed by atoms with E-state index in [4.69, 9.17) is 0 Å². The molecule has 2 heterocycles. The van der Waals surface area contributed by atoms with E-state index in [1.165, 1.54) is 29.4 Å². The minimum atomic E-state index is -6.48. The Morgan fingerprint density at radius 2 is 1.59 bits per heavy atom. The van der Waals surface area contributed by atoms with Crippen LogP contribution in [0.2, 0.25) is 0 Å². The third-order valence-corrected chi connectivity index (χ3v) is 7.83. The highest BCUT2D eigenvalue weighted by Crippen LogP contribution is 2.55. The molecule has 0 bridgehead atoms. The molecular formula is C25H18F9N3OS. The highest BCUT2D eigenvalue weighted by Gasteiger charge is 2.74. The molecule has 0 unspecified atom stereocenters. The summed E-state index contributed by atoms with van der Waals surface area (Å²) in [5.41, 5.74) is -7.67. The van der Waals surface area contributed by atoms with Gasteiger partial charge >= 0.3 is 18.0 Å². The number of nitrogens with zero attached hydrogens (tertiary/aromatic N) is 3. The zero-order valence-corrected chi connectivity index (χ0v) is 20.5. The van der Waals surface area contributed by atoms with Gasteiger partial charge in [0.2, 0.25) is 5.91 Å². The second kappa shape index (κ2) is 10.4. The van der Waals surface area contributed by atoms with E-state index in [1.807, 2.05) is 0 Å². The highest BCUT2D eigenvalue weighted by atomic mass is 32.2. The molecule has 1 atom stereocenters. The lowest BCUT2D eigenvalue weighted by atomic mass is 9.89. The number of amides is 1. The van der Waals surface area contributed by atoms with Crippen LogP contribution < -0.4 is 0 Å². The fraction of sp³-hybridized carbons (Fsp3) is 0.320. The molecule has 1 saturated heterocycles. The average molecular weight is 579 g/mol. The number of hydrogen-bond donors (Lipinski definition) is 0. The van der Waals surface area contributed by atoms with E-state index < -0.39 is 40.0 Å². The zero-order chi connectivity index (χ0) is 28.6. The summed E-state index contributed by atoms with van der Waals surface area (Å²) in [7, 11) is 0. The van der Waals surface area contributed by atoms with Gasteiger partial charge in [0.25, 0.3) is 0 Å². The number of thioether (sulfide) groups is 1. The first kappa shape index (κ1) is 28.7. The van der Waals surface area contributed by atoms with Gasteiger partial charge in [-0.05, 0) is 53.9 Å². The van der Waals surface area contributed by atoms with Crippen molar-refractivity contribution in [3.63, 3.8) is 0 Å². The van der Waals surface area contributed by atoms with Crippen molar-refractivity contribution in [3.05, 3.63) is 89.2 Å². The molecule has 1 aliphatic rings. The SMILES string of the molecule is O=C(Cc1ccnnc1)N1CC[C@@](Sc2ccc(F)cc2)(c2ccc(C(F)(C(F)(F)F)C(F)(F)F)c(F)c2)C1. The number of halogens is 9. The monoisotopic (exact) mass is 579 g/mol. The summed E-state index contributed by atoms with van der Waals surface area (Å²) in [6.45, 7) is 0.0115. The maximum absolute atomic E-state index is 15.0. The second-order valence-electron chi connectivity index (χ2n) is 8.89. The van der Waals surface area contributed by atoms with Crippen LogP contribution in [-0.2, 0) is 21.6 Å². The molecule has 0 aliphatic carbocycles. The number of benzene rings is 2. The quantitative estimate of drug-likeness (QED) is 0.313. The Morgan fingerprint density at radius 1 is 0.923 bits per heavy atom. The van der Waals surface area contributed by atoms with Gasteiger partial charge in [0.1, 0.15) is 11.6 Å². The average Bonchev–Trinajstić information content (AvgIpc) is 3.29. The Kier molecular flexibility index (Phi) is 7.63. The predicted octanol–water partition coefficient (Wildman–Crippen LogP) is 6.51. The normalized spacial score (nSPS) is 18.4. The van der Waals surface area contributed by atoms with Gasteiger partial charge in [0.05, 0.1) is 17.4 Å². The zero-order valence-electron chi connectivity index (χ0n) is 19.7. The Balaban J connectivity index is 1.72. The van der Waals surface area contributed by atoms with Crippen LogP contribution in [0.3, 0.4) is 0 Å². The molecule has 4 nitrogen and oxygen atoms in total. The van der Waals surface area contributed by atoms with Crippen molar-refractivity contribution < 1.29 is 44.3 Å². The molecular weight excluding hydrogens is 561 g/mol. The molecule has 1 fully saturated rings. The van der Waals surface area contributed by atoms with Crippen LogP contribution in [0.25, 0.3) is 0 Å². The fourth-order valence-electron chi connectivity index (χ4n) is 4.35. The lowest BCUT2D eigenvalue weighted by Crippen LogP contribution is -2.51. The van der Waals surface area contributed by atoms with Crippen LogP contribution in [0.1, 0.15) is 23.1 Å². The molecule has 0 radical (unpaired) electrons. The molecule has 14 heteroatoms. The van der Waals surface area contributed by atoms with Gasteiger partial charge in [-0.3, -0.25) is 4.79 Å². The first-order valence-electron chi connectivity index (χ1n) is 11.3. The van der Waals surface area contributed by atoms with Crippen molar-refractivity contribution in [1.82, 2.24) is 15.1 Å². The molecule has 0 spiro atoms. The summed E-state index contributed by atoms with van der Waals surface area (Å²) in [6, 6.07) is 7.97. The van der Waals surface area contributed by atoms with E-state index in [0.717, 1.165) is 30.0 Å². The van der Waals surface area contributed by atoms with Crippen molar-refractivity contribution in [3.8, 4) is 0 Å². The first-order valence-corrected chi connectivity index (χ1v) is 12.1. The summed E-state index contributed by atoms with van der Waals surface area (Å²) in [5, 5.41) is 7.31. The van der Waals surface area contributed by atoms with Crippen molar-refractivity contribution in [2.45, 2.75) is 40.5 Å². The van der Waals surface area contributed by atoms with Crippen LogP contribution >= 0.6 is 11.8 Å². The maximum Gasteiger partial charge on any atom is 0.436 e. The summed E-state index contributed by atoms with van der Waals surface area (Å²) >= 11 is 1.03. The minimum Gasteiger partial charge on any atom is -0.341 e. The number of aromatic nitrogens is 2. The van der Waals surface area contributed by atoms with Crippen LogP contribution in [0, 0.1) is 11.6 Å². The van der Waals surface area contributed by atoms with E-state index in [9.17, 15) is 44.3 Å².